The highest BCUT2D eigenvalue weighted by atomic mass is 16.3. The monoisotopic (exact) mass is 452 g/mol. The molecular formula is C25H32N4O4. The van der Waals surface area contributed by atoms with Crippen molar-refractivity contribution in [3.05, 3.63) is 59.7 Å². The van der Waals surface area contributed by atoms with Crippen molar-refractivity contribution in [2.45, 2.75) is 58.8 Å². The molecule has 0 spiro atoms. The van der Waals surface area contributed by atoms with Crippen molar-refractivity contribution in [1.29, 1.82) is 0 Å². The van der Waals surface area contributed by atoms with Crippen LogP contribution in [0.15, 0.2) is 58.7 Å². The molecule has 0 aliphatic heterocycles. The van der Waals surface area contributed by atoms with Crippen LogP contribution in [0.25, 0.3) is 0 Å². The van der Waals surface area contributed by atoms with Crippen LogP contribution in [0.5, 0.6) is 11.5 Å². The number of aromatic hydroxyl groups is 2. The quantitative estimate of drug-likeness (QED) is 0.219. The zero-order valence-electron chi connectivity index (χ0n) is 19.2. The van der Waals surface area contributed by atoms with Gasteiger partial charge in [-0.05, 0) is 85.3 Å². The molecule has 2 aromatic rings. The number of rotatable bonds is 12. The van der Waals surface area contributed by atoms with Gasteiger partial charge in [-0.25, -0.2) is 10.9 Å². The molecule has 0 atom stereocenters. The third-order valence-electron chi connectivity index (χ3n) is 5.01. The summed E-state index contributed by atoms with van der Waals surface area (Å²) in [4.78, 5) is 24.1. The summed E-state index contributed by atoms with van der Waals surface area (Å²) in [6.07, 6.45) is 4.02. The van der Waals surface area contributed by atoms with E-state index < -0.39 is 0 Å². The summed E-state index contributed by atoms with van der Waals surface area (Å²) in [5, 5.41) is 27.1. The molecule has 2 amide bonds. The predicted octanol–water partition coefficient (Wildman–Crippen LogP) is 4.21. The van der Waals surface area contributed by atoms with Gasteiger partial charge in [0, 0.05) is 12.8 Å². The highest BCUT2D eigenvalue weighted by Crippen LogP contribution is 2.13. The molecule has 2 rings (SSSR count). The van der Waals surface area contributed by atoms with Crippen molar-refractivity contribution in [2.24, 2.45) is 10.2 Å². The lowest BCUT2D eigenvalue weighted by molar-refractivity contribution is -0.121. The smallest absolute Gasteiger partial charge is 0.240 e. The van der Waals surface area contributed by atoms with E-state index in [-0.39, 0.29) is 23.3 Å². The van der Waals surface area contributed by atoms with E-state index in [2.05, 4.69) is 21.1 Å². The van der Waals surface area contributed by atoms with Crippen LogP contribution < -0.4 is 10.9 Å². The molecule has 33 heavy (non-hydrogen) atoms. The third kappa shape index (κ3) is 9.14. The first-order chi connectivity index (χ1) is 15.9. The maximum atomic E-state index is 12.0. The van der Waals surface area contributed by atoms with Gasteiger partial charge in [-0.3, -0.25) is 9.59 Å². The first-order valence-corrected chi connectivity index (χ1v) is 11.2. The first kappa shape index (κ1) is 25.6. The van der Waals surface area contributed by atoms with Gasteiger partial charge in [-0.15, -0.1) is 0 Å². The van der Waals surface area contributed by atoms with E-state index in [1.165, 1.54) is 0 Å². The molecule has 0 saturated heterocycles. The largest absolute Gasteiger partial charge is 0.508 e. The lowest BCUT2D eigenvalue weighted by atomic mass is 10.1. The van der Waals surface area contributed by atoms with Crippen LogP contribution in [-0.2, 0) is 9.59 Å². The van der Waals surface area contributed by atoms with Gasteiger partial charge >= 0.3 is 0 Å². The van der Waals surface area contributed by atoms with Crippen molar-refractivity contribution in [2.75, 3.05) is 0 Å². The zero-order chi connectivity index (χ0) is 24.1. The standard InChI is InChI=1S/C25H32N4O4/c1-3-22(18-10-14-20(30)15-11-18)26-28-24(32)8-6-5-7-9-25(33)29-27-23(4-2)19-12-16-21(31)17-13-19/h10-17,30-31H,3-9H2,1-2H3,(H,28,32)(H,29,33)/b26-22+,27-23+. The molecule has 0 unspecified atom stereocenters. The maximum absolute atomic E-state index is 12.0. The summed E-state index contributed by atoms with van der Waals surface area (Å²) in [7, 11) is 0. The summed E-state index contributed by atoms with van der Waals surface area (Å²) in [6.45, 7) is 3.89. The number of carbonyl (C=O) groups is 2. The van der Waals surface area contributed by atoms with Crippen molar-refractivity contribution < 1.29 is 19.8 Å². The molecule has 0 fully saturated rings. The number of phenols is 2. The molecule has 0 saturated carbocycles. The number of nitrogens with one attached hydrogen (secondary N) is 2. The van der Waals surface area contributed by atoms with Gasteiger partial charge in [0.15, 0.2) is 0 Å². The summed E-state index contributed by atoms with van der Waals surface area (Å²) >= 11 is 0. The lowest BCUT2D eigenvalue weighted by Gasteiger charge is -2.06. The molecular weight excluding hydrogens is 420 g/mol. The Balaban J connectivity index is 1.67. The lowest BCUT2D eigenvalue weighted by Crippen LogP contribution is -2.20. The third-order valence-corrected chi connectivity index (χ3v) is 5.01. The van der Waals surface area contributed by atoms with Crippen LogP contribution in [0, 0.1) is 0 Å². The fourth-order valence-electron chi connectivity index (χ4n) is 3.12. The SMILES string of the molecule is CC/C(=N\NC(=O)CCCCCC(=O)N/N=C(\CC)c1ccc(O)cc1)c1ccc(O)cc1. The Morgan fingerprint density at radius 3 is 1.36 bits per heavy atom. The minimum Gasteiger partial charge on any atom is -0.508 e. The Bertz CT molecular complexity index is 887. The van der Waals surface area contributed by atoms with Gasteiger partial charge in [0.2, 0.25) is 11.8 Å². The second-order valence-corrected chi connectivity index (χ2v) is 7.55. The van der Waals surface area contributed by atoms with Crippen LogP contribution in [0.4, 0.5) is 0 Å². The Kier molecular flexibility index (Phi) is 10.6. The Morgan fingerprint density at radius 1 is 0.667 bits per heavy atom. The summed E-state index contributed by atoms with van der Waals surface area (Å²) in [5.74, 6) is 0.0225. The summed E-state index contributed by atoms with van der Waals surface area (Å²) in [6, 6.07) is 13.4. The average molecular weight is 453 g/mol. The molecule has 2 aromatic carbocycles. The number of hydrogen-bond donors (Lipinski definition) is 4. The fourth-order valence-corrected chi connectivity index (χ4v) is 3.12. The second-order valence-electron chi connectivity index (χ2n) is 7.55. The fraction of sp³-hybridized carbons (Fsp3) is 0.360. The predicted molar refractivity (Wildman–Crippen MR) is 129 cm³/mol. The molecule has 0 bridgehead atoms. The van der Waals surface area contributed by atoms with E-state index >= 15 is 0 Å². The van der Waals surface area contributed by atoms with Crippen molar-refractivity contribution >= 4 is 23.2 Å². The normalized spacial score (nSPS) is 11.8. The number of hydrazone groups is 2. The Hall–Kier alpha value is -3.68. The molecule has 8 nitrogen and oxygen atoms in total. The van der Waals surface area contributed by atoms with Crippen LogP contribution in [0.1, 0.15) is 69.9 Å². The van der Waals surface area contributed by atoms with E-state index in [4.69, 9.17) is 0 Å². The number of phenolic OH excluding ortho intramolecular Hbond substituents is 2. The van der Waals surface area contributed by atoms with Crippen LogP contribution in [0.2, 0.25) is 0 Å². The molecule has 0 radical (unpaired) electrons. The minimum absolute atomic E-state index is 0.171. The topological polar surface area (TPSA) is 123 Å². The molecule has 8 heteroatoms. The van der Waals surface area contributed by atoms with Gasteiger partial charge in [0.25, 0.3) is 0 Å². The highest BCUT2D eigenvalue weighted by molar-refractivity contribution is 6.01. The van der Waals surface area contributed by atoms with E-state index in [1.54, 1.807) is 48.5 Å². The second kappa shape index (κ2) is 13.7. The van der Waals surface area contributed by atoms with Gasteiger partial charge in [-0.2, -0.15) is 10.2 Å². The molecule has 0 heterocycles. The number of nitrogens with zero attached hydrogens (tertiary/aromatic N) is 2. The van der Waals surface area contributed by atoms with E-state index in [0.717, 1.165) is 29.0 Å². The zero-order valence-corrected chi connectivity index (χ0v) is 19.2. The molecule has 176 valence electrons. The van der Waals surface area contributed by atoms with Gasteiger partial charge in [-0.1, -0.05) is 20.3 Å². The number of carbonyl (C=O) groups excluding carboxylic acids is 2. The van der Waals surface area contributed by atoms with Gasteiger partial charge < -0.3 is 10.2 Å². The van der Waals surface area contributed by atoms with Crippen molar-refractivity contribution in [3.8, 4) is 11.5 Å². The summed E-state index contributed by atoms with van der Waals surface area (Å²) in [5.41, 5.74) is 8.32. The first-order valence-electron chi connectivity index (χ1n) is 11.2. The van der Waals surface area contributed by atoms with Gasteiger partial charge in [0.05, 0.1) is 11.4 Å². The highest BCUT2D eigenvalue weighted by Gasteiger charge is 2.06. The van der Waals surface area contributed by atoms with E-state index in [0.29, 0.717) is 38.5 Å². The maximum Gasteiger partial charge on any atom is 0.240 e. The molecule has 0 aliphatic carbocycles. The van der Waals surface area contributed by atoms with E-state index in [9.17, 15) is 19.8 Å². The van der Waals surface area contributed by atoms with E-state index in [1.807, 2.05) is 13.8 Å². The van der Waals surface area contributed by atoms with Crippen molar-refractivity contribution in [3.63, 3.8) is 0 Å². The van der Waals surface area contributed by atoms with Gasteiger partial charge in [0.1, 0.15) is 11.5 Å². The van der Waals surface area contributed by atoms with Crippen LogP contribution >= 0.6 is 0 Å². The van der Waals surface area contributed by atoms with Crippen molar-refractivity contribution in [1.82, 2.24) is 10.9 Å². The van der Waals surface area contributed by atoms with Crippen LogP contribution in [-0.4, -0.2) is 33.5 Å². The molecule has 0 aliphatic rings. The van der Waals surface area contributed by atoms with Crippen LogP contribution in [0.3, 0.4) is 0 Å². The molecule has 4 N–H and O–H groups in total. The number of hydrogen-bond acceptors (Lipinski definition) is 6. The average Bonchev–Trinajstić information content (AvgIpc) is 2.81. The minimum atomic E-state index is -0.171. The number of unbranched alkanes of at least 4 members (excludes halogenated alkanes) is 2. The number of benzene rings is 2. The Morgan fingerprint density at radius 2 is 1.03 bits per heavy atom. The Labute approximate surface area is 194 Å². The number of amides is 2. The summed E-state index contributed by atoms with van der Waals surface area (Å²) < 4.78 is 0. The molecule has 0 aromatic heterocycles.